The Kier molecular flexibility index (Phi) is 11.7. The van der Waals surface area contributed by atoms with Crippen molar-refractivity contribution < 1.29 is 19.1 Å². The summed E-state index contributed by atoms with van der Waals surface area (Å²) in [7, 11) is 3.24. The van der Waals surface area contributed by atoms with Gasteiger partial charge in [0.2, 0.25) is 5.91 Å². The molecule has 7 nitrogen and oxygen atoms in total. The zero-order valence-corrected chi connectivity index (χ0v) is 21.5. The van der Waals surface area contributed by atoms with Gasteiger partial charge >= 0.3 is 5.97 Å². The number of hydrogen-bond acceptors (Lipinski definition) is 6. The van der Waals surface area contributed by atoms with Crippen molar-refractivity contribution in [2.45, 2.75) is 46.1 Å². The molecule has 1 heterocycles. The Labute approximate surface area is 209 Å². The second-order valence-corrected chi connectivity index (χ2v) is 8.27. The van der Waals surface area contributed by atoms with Gasteiger partial charge in [-0.1, -0.05) is 19.4 Å². The van der Waals surface area contributed by atoms with Crippen LogP contribution in [0.2, 0.25) is 0 Å². The first-order valence-corrected chi connectivity index (χ1v) is 12.1. The molecule has 0 fully saturated rings. The summed E-state index contributed by atoms with van der Waals surface area (Å²) in [4.78, 5) is 33.0. The van der Waals surface area contributed by atoms with Gasteiger partial charge in [0.15, 0.2) is 0 Å². The minimum atomic E-state index is -0.391. The summed E-state index contributed by atoms with van der Waals surface area (Å²) < 4.78 is 10.7. The zero-order valence-electron chi connectivity index (χ0n) is 21.5. The van der Waals surface area contributed by atoms with E-state index in [0.29, 0.717) is 18.7 Å². The van der Waals surface area contributed by atoms with E-state index in [1.165, 1.54) is 7.11 Å². The Balaban J connectivity index is 2.04. The maximum atomic E-state index is 13.1. The number of rotatable bonds is 13. The molecule has 1 atom stereocenters. The predicted octanol–water partition coefficient (Wildman–Crippen LogP) is 4.70. The molecule has 0 saturated heterocycles. The molecule has 0 bridgehead atoms. The number of benzene rings is 1. The Morgan fingerprint density at radius 2 is 2.03 bits per heavy atom. The van der Waals surface area contributed by atoms with Crippen molar-refractivity contribution in [1.82, 2.24) is 4.90 Å². The lowest BCUT2D eigenvalue weighted by atomic mass is 10.0. The van der Waals surface area contributed by atoms with Crippen molar-refractivity contribution in [3.63, 3.8) is 0 Å². The number of likely N-dealkylation sites (N-methyl/N-ethyl adjacent to an activating group) is 2. The second-order valence-electron chi connectivity index (χ2n) is 8.27. The van der Waals surface area contributed by atoms with Gasteiger partial charge in [-0.2, -0.15) is 0 Å². The Bertz CT molecular complexity index is 1020. The molecular weight excluding hydrogens is 442 g/mol. The lowest BCUT2D eigenvalue weighted by Gasteiger charge is -2.26. The Hall–Kier alpha value is -3.41. The Morgan fingerprint density at radius 1 is 1.23 bits per heavy atom. The number of esters is 1. The fourth-order valence-corrected chi connectivity index (χ4v) is 3.49. The van der Waals surface area contributed by atoms with Gasteiger partial charge in [0, 0.05) is 31.7 Å². The van der Waals surface area contributed by atoms with Gasteiger partial charge in [0.1, 0.15) is 0 Å². The smallest absolute Gasteiger partial charge is 0.337 e. The number of nitrogens with zero attached hydrogens (tertiary/aromatic N) is 3. The van der Waals surface area contributed by atoms with Crippen LogP contribution in [0.15, 0.2) is 65.1 Å². The molecule has 1 unspecified atom stereocenters. The molecule has 35 heavy (non-hydrogen) atoms. The summed E-state index contributed by atoms with van der Waals surface area (Å²) in [6.45, 7) is 7.08. The highest BCUT2D eigenvalue weighted by molar-refractivity contribution is 5.91. The molecule has 2 rings (SSSR count). The van der Waals surface area contributed by atoms with E-state index in [4.69, 9.17) is 9.47 Å². The van der Waals surface area contributed by atoms with Crippen LogP contribution in [-0.2, 0) is 20.7 Å². The van der Waals surface area contributed by atoms with Crippen molar-refractivity contribution in [3.05, 3.63) is 71.3 Å². The fraction of sp³-hybridized carbons (Fsp3) is 0.429. The van der Waals surface area contributed by atoms with E-state index in [0.717, 1.165) is 36.2 Å². The normalized spacial score (nSPS) is 13.5. The number of unbranched alkanes of at least 4 members (excludes halogenated alkanes) is 1. The highest BCUT2D eigenvalue weighted by Crippen LogP contribution is 2.24. The molecule has 1 amide bonds. The van der Waals surface area contributed by atoms with Crippen molar-refractivity contribution >= 4 is 23.8 Å². The average molecular weight is 480 g/mol. The number of methoxy groups -OCH3 is 1. The SMILES string of the molecule is CCCCc1ccc(C(=O)OC)cc1N(C)CC(=O)N(/C=C/C(C)OCC1=CC=C=CC=N1)CC. The monoisotopic (exact) mass is 479 g/mol. The third-order valence-corrected chi connectivity index (χ3v) is 5.56. The highest BCUT2D eigenvalue weighted by Gasteiger charge is 2.17. The van der Waals surface area contributed by atoms with E-state index in [1.54, 1.807) is 35.5 Å². The van der Waals surface area contributed by atoms with Crippen LogP contribution in [0.25, 0.3) is 0 Å². The van der Waals surface area contributed by atoms with Crippen LogP contribution in [0.1, 0.15) is 49.5 Å². The summed E-state index contributed by atoms with van der Waals surface area (Å²) in [5, 5.41) is 0. The highest BCUT2D eigenvalue weighted by atomic mass is 16.5. The lowest BCUT2D eigenvalue weighted by molar-refractivity contribution is -0.127. The van der Waals surface area contributed by atoms with Gasteiger partial charge in [0.25, 0.3) is 0 Å². The van der Waals surface area contributed by atoms with Crippen molar-refractivity contribution in [1.29, 1.82) is 0 Å². The third-order valence-electron chi connectivity index (χ3n) is 5.56. The first-order chi connectivity index (χ1) is 16.9. The van der Waals surface area contributed by atoms with Crippen LogP contribution in [0.4, 0.5) is 5.69 Å². The number of amides is 1. The quantitative estimate of drug-likeness (QED) is 0.303. The lowest BCUT2D eigenvalue weighted by Crippen LogP contribution is -2.36. The van der Waals surface area contributed by atoms with Gasteiger partial charge in [-0.3, -0.25) is 9.79 Å². The van der Waals surface area contributed by atoms with Crippen LogP contribution in [0.3, 0.4) is 0 Å². The average Bonchev–Trinajstić information content (AvgIpc) is 3.14. The summed E-state index contributed by atoms with van der Waals surface area (Å²) in [6, 6.07) is 5.54. The molecule has 7 heteroatoms. The molecule has 0 radical (unpaired) electrons. The molecule has 1 aromatic carbocycles. The number of aliphatic imine (C=N–C) groups is 1. The van der Waals surface area contributed by atoms with Crippen molar-refractivity contribution in [2.75, 3.05) is 38.8 Å². The third kappa shape index (κ3) is 9.04. The number of carbonyl (C=O) groups excluding carboxylic acids is 2. The molecule has 1 aromatic rings. The molecule has 1 aliphatic heterocycles. The standard InChI is InChI=1S/C28H37N3O4/c1-6-8-12-23-14-15-24(28(33)34-5)19-26(23)30(4)20-27(32)31(7-2)18-16-22(3)35-21-25-13-10-9-11-17-29-25/h10-11,13-19,22H,6-8,12,20-21H2,1-5H3/b18-16+. The molecule has 0 aromatic heterocycles. The van der Waals surface area contributed by atoms with Gasteiger partial charge in [-0.25, -0.2) is 4.79 Å². The molecular formula is C28H37N3O4. The van der Waals surface area contributed by atoms with Crippen LogP contribution >= 0.6 is 0 Å². The first-order valence-electron chi connectivity index (χ1n) is 12.1. The summed E-state index contributed by atoms with van der Waals surface area (Å²) >= 11 is 0. The number of anilines is 1. The van der Waals surface area contributed by atoms with E-state index < -0.39 is 5.97 Å². The van der Waals surface area contributed by atoms with Gasteiger partial charge in [0.05, 0.1) is 37.6 Å². The van der Waals surface area contributed by atoms with Crippen LogP contribution in [0, 0.1) is 0 Å². The van der Waals surface area contributed by atoms with E-state index in [2.05, 4.69) is 17.6 Å². The number of ether oxygens (including phenoxy) is 2. The molecule has 188 valence electrons. The van der Waals surface area contributed by atoms with E-state index in [-0.39, 0.29) is 18.6 Å². The topological polar surface area (TPSA) is 71.4 Å². The van der Waals surface area contributed by atoms with E-state index in [9.17, 15) is 9.59 Å². The Morgan fingerprint density at radius 3 is 2.74 bits per heavy atom. The van der Waals surface area contributed by atoms with Crippen LogP contribution in [0.5, 0.6) is 0 Å². The number of hydrogen-bond donors (Lipinski definition) is 0. The van der Waals surface area contributed by atoms with Crippen molar-refractivity contribution in [3.8, 4) is 0 Å². The molecule has 0 spiro atoms. The maximum absolute atomic E-state index is 13.1. The molecule has 0 aliphatic carbocycles. The summed E-state index contributed by atoms with van der Waals surface area (Å²) in [5.74, 6) is -0.437. The van der Waals surface area contributed by atoms with E-state index >= 15 is 0 Å². The predicted molar refractivity (Wildman–Crippen MR) is 141 cm³/mol. The minimum Gasteiger partial charge on any atom is -0.465 e. The second kappa shape index (κ2) is 14.8. The van der Waals surface area contributed by atoms with Gasteiger partial charge in [-0.15, -0.1) is 5.73 Å². The minimum absolute atomic E-state index is 0.0457. The zero-order chi connectivity index (χ0) is 25.6. The molecule has 0 N–H and O–H groups in total. The molecule has 0 saturated carbocycles. The largest absolute Gasteiger partial charge is 0.465 e. The fourth-order valence-electron chi connectivity index (χ4n) is 3.49. The van der Waals surface area contributed by atoms with Gasteiger partial charge in [-0.05, 0) is 68.7 Å². The number of carbonyl (C=O) groups is 2. The maximum Gasteiger partial charge on any atom is 0.337 e. The number of aryl methyl sites for hydroxylation is 1. The summed E-state index contributed by atoms with van der Waals surface area (Å²) in [6.07, 6.45) is 13.5. The first kappa shape index (κ1) is 27.8. The van der Waals surface area contributed by atoms with Crippen molar-refractivity contribution in [2.24, 2.45) is 4.99 Å². The number of allylic oxidation sites excluding steroid dienone is 2. The molecule has 1 aliphatic rings. The van der Waals surface area contributed by atoms with E-state index in [1.807, 2.05) is 50.1 Å². The van der Waals surface area contributed by atoms with Gasteiger partial charge < -0.3 is 19.3 Å². The van der Waals surface area contributed by atoms with Crippen LogP contribution in [-0.4, -0.2) is 62.9 Å². The summed E-state index contributed by atoms with van der Waals surface area (Å²) in [5.41, 5.74) is 6.22. The van der Waals surface area contributed by atoms with Crippen LogP contribution < -0.4 is 4.90 Å².